The Hall–Kier alpha value is -1.75. The molecule has 0 bridgehead atoms. The molecule has 1 heterocycles. The average Bonchev–Trinajstić information content (AvgIpc) is 2.70. The fraction of sp³-hybridized carbons (Fsp3) is 0.429. The summed E-state index contributed by atoms with van der Waals surface area (Å²) in [5, 5.41) is 0.576. The molecule has 0 fully saturated rings. The number of hydrogen-bond acceptors (Lipinski definition) is 4. The molecule has 2 aromatic rings. The van der Waals surface area contributed by atoms with Crippen molar-refractivity contribution in [2.24, 2.45) is 5.92 Å². The van der Waals surface area contributed by atoms with Crippen LogP contribution in [0.1, 0.15) is 26.3 Å². The number of anilines is 1. The van der Waals surface area contributed by atoms with E-state index in [9.17, 15) is 4.79 Å². The molecule has 108 valence electrons. The van der Waals surface area contributed by atoms with E-state index in [2.05, 4.69) is 4.98 Å². The Kier molecular flexibility index (Phi) is 4.18. The molecule has 0 aliphatic rings. The molecule has 1 aromatic carbocycles. The molecule has 0 spiro atoms. The van der Waals surface area contributed by atoms with Gasteiger partial charge in [0, 0.05) is 5.02 Å². The summed E-state index contributed by atoms with van der Waals surface area (Å²) < 4.78 is 6.60. The van der Waals surface area contributed by atoms with Crippen LogP contribution in [-0.2, 0) is 9.53 Å². The lowest BCUT2D eigenvalue weighted by molar-refractivity contribution is -0.145. The van der Waals surface area contributed by atoms with Crippen LogP contribution in [0.25, 0.3) is 11.0 Å². The highest BCUT2D eigenvalue weighted by Gasteiger charge is 2.26. The number of nitrogen functional groups attached to an aromatic ring is 1. The predicted molar refractivity (Wildman–Crippen MR) is 79.7 cm³/mol. The molecule has 0 saturated carbocycles. The minimum Gasteiger partial charge on any atom is -0.467 e. The number of benzene rings is 1. The number of carbonyl (C=O) groups is 1. The molecule has 0 amide bonds. The van der Waals surface area contributed by atoms with Crippen molar-refractivity contribution in [3.8, 4) is 0 Å². The molecule has 0 saturated heterocycles. The third-order valence-corrected chi connectivity index (χ3v) is 3.39. The second-order valence-corrected chi connectivity index (χ2v) is 5.58. The van der Waals surface area contributed by atoms with Crippen LogP contribution in [0, 0.1) is 5.92 Å². The number of hydrogen-bond donors (Lipinski definition) is 1. The van der Waals surface area contributed by atoms with Gasteiger partial charge in [0.25, 0.3) is 0 Å². The van der Waals surface area contributed by atoms with E-state index in [4.69, 9.17) is 22.1 Å². The Labute approximate surface area is 122 Å². The molecule has 5 nitrogen and oxygen atoms in total. The van der Waals surface area contributed by atoms with Crippen molar-refractivity contribution in [2.75, 3.05) is 12.8 Å². The third kappa shape index (κ3) is 2.72. The molecule has 0 radical (unpaired) electrons. The van der Waals surface area contributed by atoms with Crippen molar-refractivity contribution in [2.45, 2.75) is 26.3 Å². The topological polar surface area (TPSA) is 70.1 Å². The molecule has 1 unspecified atom stereocenters. The number of methoxy groups -OCH3 is 1. The molecular formula is C14H18ClN3O2. The summed E-state index contributed by atoms with van der Waals surface area (Å²) >= 11 is 6.03. The van der Waals surface area contributed by atoms with Crippen LogP contribution in [0.5, 0.6) is 0 Å². The van der Waals surface area contributed by atoms with Crippen LogP contribution in [0.4, 0.5) is 5.95 Å². The minimum atomic E-state index is -0.497. The van der Waals surface area contributed by atoms with Gasteiger partial charge in [-0.05, 0) is 30.5 Å². The minimum absolute atomic E-state index is 0.290. The number of imidazole rings is 1. The van der Waals surface area contributed by atoms with Crippen molar-refractivity contribution in [1.29, 1.82) is 0 Å². The van der Waals surface area contributed by atoms with Gasteiger partial charge in [-0.15, -0.1) is 0 Å². The number of ether oxygens (including phenoxy) is 1. The zero-order chi connectivity index (χ0) is 14.9. The third-order valence-electron chi connectivity index (χ3n) is 3.16. The lowest BCUT2D eigenvalue weighted by Crippen LogP contribution is -2.23. The number of nitrogens with zero attached hydrogens (tertiary/aromatic N) is 2. The summed E-state index contributed by atoms with van der Waals surface area (Å²) in [5.74, 6) is 0.276. The Morgan fingerprint density at radius 1 is 1.50 bits per heavy atom. The van der Waals surface area contributed by atoms with E-state index in [0.717, 1.165) is 5.52 Å². The zero-order valence-electron chi connectivity index (χ0n) is 11.8. The largest absolute Gasteiger partial charge is 0.467 e. The van der Waals surface area contributed by atoms with E-state index in [0.29, 0.717) is 28.8 Å². The smallest absolute Gasteiger partial charge is 0.328 e. The van der Waals surface area contributed by atoms with Crippen molar-refractivity contribution in [3.05, 3.63) is 23.2 Å². The second kappa shape index (κ2) is 5.71. The van der Waals surface area contributed by atoms with Crippen LogP contribution < -0.4 is 5.73 Å². The lowest BCUT2D eigenvalue weighted by atomic mass is 10.0. The Morgan fingerprint density at radius 2 is 2.20 bits per heavy atom. The SMILES string of the molecule is COC(=O)C(CC(C)C)n1c(N)nc2ccc(Cl)cc21. The highest BCUT2D eigenvalue weighted by Crippen LogP contribution is 2.29. The zero-order valence-corrected chi connectivity index (χ0v) is 12.5. The van der Waals surface area contributed by atoms with Gasteiger partial charge < -0.3 is 10.5 Å². The Balaban J connectivity index is 2.59. The number of esters is 1. The predicted octanol–water partition coefficient (Wildman–Crippen LogP) is 3.03. The number of carbonyl (C=O) groups excluding carboxylic acids is 1. The van der Waals surface area contributed by atoms with Crippen LogP contribution in [-0.4, -0.2) is 22.6 Å². The highest BCUT2D eigenvalue weighted by atomic mass is 35.5. The number of halogens is 1. The first kappa shape index (κ1) is 14.7. The second-order valence-electron chi connectivity index (χ2n) is 5.14. The van der Waals surface area contributed by atoms with Gasteiger partial charge in [-0.25, -0.2) is 9.78 Å². The molecular weight excluding hydrogens is 278 g/mol. The van der Waals surface area contributed by atoms with Gasteiger partial charge in [-0.2, -0.15) is 0 Å². The molecule has 6 heteroatoms. The number of nitrogens with two attached hydrogens (primary N) is 1. The maximum atomic E-state index is 12.1. The molecule has 2 N–H and O–H groups in total. The molecule has 0 aliphatic heterocycles. The summed E-state index contributed by atoms with van der Waals surface area (Å²) in [6.45, 7) is 4.08. The van der Waals surface area contributed by atoms with Crippen molar-refractivity contribution in [1.82, 2.24) is 9.55 Å². The maximum absolute atomic E-state index is 12.1. The van der Waals surface area contributed by atoms with Gasteiger partial charge in [0.1, 0.15) is 6.04 Å². The standard InChI is InChI=1S/C14H18ClN3O2/c1-8(2)6-12(13(19)20-3)18-11-7-9(15)4-5-10(11)17-14(18)16/h4-5,7-8,12H,6H2,1-3H3,(H2,16,17). The summed E-state index contributed by atoms with van der Waals surface area (Å²) in [7, 11) is 1.37. The van der Waals surface area contributed by atoms with Crippen LogP contribution in [0.15, 0.2) is 18.2 Å². The van der Waals surface area contributed by atoms with Gasteiger partial charge in [-0.3, -0.25) is 4.57 Å². The van der Waals surface area contributed by atoms with E-state index < -0.39 is 6.04 Å². The number of rotatable bonds is 4. The van der Waals surface area contributed by atoms with E-state index in [-0.39, 0.29) is 5.97 Å². The van der Waals surface area contributed by atoms with Crippen molar-refractivity contribution in [3.63, 3.8) is 0 Å². The van der Waals surface area contributed by atoms with E-state index in [1.165, 1.54) is 7.11 Å². The summed E-state index contributed by atoms with van der Waals surface area (Å²) in [6, 6.07) is 4.80. The average molecular weight is 296 g/mol. The quantitative estimate of drug-likeness (QED) is 0.880. The molecule has 1 atom stereocenters. The van der Waals surface area contributed by atoms with E-state index >= 15 is 0 Å². The highest BCUT2D eigenvalue weighted by molar-refractivity contribution is 6.31. The van der Waals surface area contributed by atoms with Crippen LogP contribution in [0.2, 0.25) is 5.02 Å². The van der Waals surface area contributed by atoms with Gasteiger partial charge in [0.2, 0.25) is 5.95 Å². The first-order valence-corrected chi connectivity index (χ1v) is 6.82. The first-order chi connectivity index (χ1) is 9.43. The molecule has 1 aromatic heterocycles. The summed E-state index contributed by atoms with van der Waals surface area (Å²) in [5.41, 5.74) is 7.43. The molecule has 2 rings (SSSR count). The Morgan fingerprint density at radius 3 is 2.80 bits per heavy atom. The number of aromatic nitrogens is 2. The fourth-order valence-electron chi connectivity index (χ4n) is 2.30. The fourth-order valence-corrected chi connectivity index (χ4v) is 2.47. The monoisotopic (exact) mass is 295 g/mol. The van der Waals surface area contributed by atoms with Gasteiger partial charge >= 0.3 is 5.97 Å². The lowest BCUT2D eigenvalue weighted by Gasteiger charge is -2.20. The van der Waals surface area contributed by atoms with E-state index in [1.807, 2.05) is 13.8 Å². The summed E-state index contributed by atoms with van der Waals surface area (Å²) in [6.07, 6.45) is 0.620. The van der Waals surface area contributed by atoms with Crippen LogP contribution >= 0.6 is 11.6 Å². The first-order valence-electron chi connectivity index (χ1n) is 6.44. The number of fused-ring (bicyclic) bond motifs is 1. The normalized spacial score (nSPS) is 12.8. The van der Waals surface area contributed by atoms with Gasteiger partial charge in [0.05, 0.1) is 18.1 Å². The van der Waals surface area contributed by atoms with Crippen LogP contribution in [0.3, 0.4) is 0 Å². The van der Waals surface area contributed by atoms with E-state index in [1.54, 1.807) is 22.8 Å². The van der Waals surface area contributed by atoms with Gasteiger partial charge in [-0.1, -0.05) is 25.4 Å². The van der Waals surface area contributed by atoms with Crippen molar-refractivity contribution >= 4 is 34.6 Å². The Bertz CT molecular complexity index is 637. The molecule has 20 heavy (non-hydrogen) atoms. The summed E-state index contributed by atoms with van der Waals surface area (Å²) in [4.78, 5) is 16.3. The molecule has 0 aliphatic carbocycles. The van der Waals surface area contributed by atoms with Crippen molar-refractivity contribution < 1.29 is 9.53 Å². The maximum Gasteiger partial charge on any atom is 0.328 e. The van der Waals surface area contributed by atoms with Gasteiger partial charge in [0.15, 0.2) is 0 Å².